The fourth-order valence-corrected chi connectivity index (χ4v) is 3.70. The number of thiazole rings is 1. The summed E-state index contributed by atoms with van der Waals surface area (Å²) in [5.41, 5.74) is -0.698. The number of carbonyl (C=O) groups excluding carboxylic acids is 1. The van der Waals surface area contributed by atoms with E-state index in [0.717, 1.165) is 37.9 Å². The molecule has 0 spiro atoms. The minimum absolute atomic E-state index is 0.118. The minimum Gasteiger partial charge on any atom is -0.363 e. The maximum absolute atomic E-state index is 12.8. The molecule has 1 aromatic rings. The Kier molecular flexibility index (Phi) is 4.14. The van der Waals surface area contributed by atoms with E-state index in [2.05, 4.69) is 14.8 Å². The molecule has 7 heteroatoms. The maximum Gasteiger partial charge on any atom is 0.255 e. The molecule has 1 aromatic heterocycles. The van der Waals surface area contributed by atoms with Gasteiger partial charge in [-0.15, -0.1) is 11.3 Å². The minimum atomic E-state index is -0.698. The zero-order valence-electron chi connectivity index (χ0n) is 12.6. The summed E-state index contributed by atoms with van der Waals surface area (Å²) in [5.74, 6) is 0.118. The van der Waals surface area contributed by atoms with Gasteiger partial charge in [-0.05, 0) is 14.0 Å². The average molecular weight is 310 g/mol. The first kappa shape index (κ1) is 14.7. The summed E-state index contributed by atoms with van der Waals surface area (Å²) in [6, 6.07) is 0. The van der Waals surface area contributed by atoms with Crippen LogP contribution in [-0.4, -0.2) is 79.2 Å². The topological polar surface area (TPSA) is 48.9 Å². The van der Waals surface area contributed by atoms with Crippen molar-refractivity contribution in [3.8, 4) is 0 Å². The smallest absolute Gasteiger partial charge is 0.255 e. The fourth-order valence-electron chi connectivity index (χ4n) is 3.00. The lowest BCUT2D eigenvalue weighted by atomic mass is 10.0. The third kappa shape index (κ3) is 3.04. The predicted molar refractivity (Wildman–Crippen MR) is 82.8 cm³/mol. The van der Waals surface area contributed by atoms with Crippen LogP contribution in [0.1, 0.15) is 6.92 Å². The van der Waals surface area contributed by atoms with Gasteiger partial charge in [0.05, 0.1) is 6.61 Å². The molecule has 21 heavy (non-hydrogen) atoms. The summed E-state index contributed by atoms with van der Waals surface area (Å²) in [4.78, 5) is 23.4. The van der Waals surface area contributed by atoms with Crippen molar-refractivity contribution in [3.05, 3.63) is 11.6 Å². The fraction of sp³-hybridized carbons (Fsp3) is 0.714. The lowest BCUT2D eigenvalue weighted by Gasteiger charge is -2.43. The quantitative estimate of drug-likeness (QED) is 0.797. The Morgan fingerprint density at radius 2 is 2.10 bits per heavy atom. The van der Waals surface area contributed by atoms with Crippen LogP contribution in [0.4, 0.5) is 5.13 Å². The number of aromatic nitrogens is 1. The van der Waals surface area contributed by atoms with Crippen molar-refractivity contribution in [2.24, 2.45) is 0 Å². The number of piperazine rings is 1. The molecule has 0 bridgehead atoms. The number of likely N-dealkylation sites (N-methyl/N-ethyl adjacent to an activating group) is 1. The molecule has 2 fully saturated rings. The van der Waals surface area contributed by atoms with Gasteiger partial charge in [0.15, 0.2) is 10.7 Å². The highest BCUT2D eigenvalue weighted by molar-refractivity contribution is 7.13. The maximum atomic E-state index is 12.8. The molecule has 0 saturated carbocycles. The van der Waals surface area contributed by atoms with Gasteiger partial charge in [0.1, 0.15) is 0 Å². The molecule has 0 aliphatic carbocycles. The van der Waals surface area contributed by atoms with Crippen molar-refractivity contribution < 1.29 is 9.53 Å². The highest BCUT2D eigenvalue weighted by atomic mass is 32.1. The first-order valence-electron chi connectivity index (χ1n) is 7.35. The molecule has 1 atom stereocenters. The van der Waals surface area contributed by atoms with Crippen LogP contribution in [0.25, 0.3) is 0 Å². The lowest BCUT2D eigenvalue weighted by Crippen LogP contribution is -2.61. The number of amides is 1. The van der Waals surface area contributed by atoms with Crippen LogP contribution in [0.2, 0.25) is 0 Å². The van der Waals surface area contributed by atoms with Crippen molar-refractivity contribution in [2.75, 3.05) is 57.8 Å². The van der Waals surface area contributed by atoms with E-state index in [1.54, 1.807) is 11.3 Å². The van der Waals surface area contributed by atoms with Gasteiger partial charge in [-0.1, -0.05) is 0 Å². The molecule has 2 aliphatic heterocycles. The van der Waals surface area contributed by atoms with Crippen molar-refractivity contribution in [1.29, 1.82) is 0 Å². The zero-order chi connectivity index (χ0) is 14.9. The van der Waals surface area contributed by atoms with Gasteiger partial charge in [-0.2, -0.15) is 0 Å². The van der Waals surface area contributed by atoms with Crippen LogP contribution in [0, 0.1) is 0 Å². The summed E-state index contributed by atoms with van der Waals surface area (Å²) in [6.45, 7) is 7.24. The second kappa shape index (κ2) is 5.90. The Morgan fingerprint density at radius 3 is 2.71 bits per heavy atom. The molecule has 2 saturated heterocycles. The van der Waals surface area contributed by atoms with E-state index < -0.39 is 5.60 Å². The summed E-state index contributed by atoms with van der Waals surface area (Å²) < 4.78 is 5.79. The monoisotopic (exact) mass is 310 g/mol. The average Bonchev–Trinajstić information content (AvgIpc) is 3.00. The summed E-state index contributed by atoms with van der Waals surface area (Å²) in [5, 5.41) is 3.03. The molecule has 6 nitrogen and oxygen atoms in total. The number of morpholine rings is 1. The summed E-state index contributed by atoms with van der Waals surface area (Å²) >= 11 is 1.65. The van der Waals surface area contributed by atoms with Crippen LogP contribution in [0.15, 0.2) is 11.6 Å². The first-order valence-corrected chi connectivity index (χ1v) is 8.23. The molecule has 0 radical (unpaired) electrons. The Bertz CT molecular complexity index is 487. The largest absolute Gasteiger partial charge is 0.363 e. The summed E-state index contributed by atoms with van der Waals surface area (Å²) in [7, 11) is 2.04. The van der Waals surface area contributed by atoms with Crippen molar-refractivity contribution in [1.82, 2.24) is 14.8 Å². The normalized spacial score (nSPS) is 27.9. The Balaban J connectivity index is 1.60. The van der Waals surface area contributed by atoms with Crippen molar-refractivity contribution >= 4 is 22.4 Å². The van der Waals surface area contributed by atoms with Gasteiger partial charge in [0.2, 0.25) is 0 Å². The molecule has 0 aromatic carbocycles. The lowest BCUT2D eigenvalue weighted by molar-refractivity contribution is -0.166. The molecule has 116 valence electrons. The number of carbonyl (C=O) groups is 1. The highest BCUT2D eigenvalue weighted by Gasteiger charge is 2.41. The number of hydrogen-bond donors (Lipinski definition) is 0. The number of hydrogen-bond acceptors (Lipinski definition) is 6. The van der Waals surface area contributed by atoms with E-state index in [1.165, 1.54) is 0 Å². The molecular formula is C14H22N4O2S. The number of ether oxygens (including phenoxy) is 1. The van der Waals surface area contributed by atoms with E-state index in [0.29, 0.717) is 13.2 Å². The van der Waals surface area contributed by atoms with Crippen LogP contribution >= 0.6 is 11.3 Å². The van der Waals surface area contributed by atoms with E-state index in [4.69, 9.17) is 4.74 Å². The predicted octanol–water partition coefficient (Wildman–Crippen LogP) is 0.512. The molecule has 2 aliphatic rings. The van der Waals surface area contributed by atoms with Gasteiger partial charge < -0.3 is 19.4 Å². The third-order valence-corrected chi connectivity index (χ3v) is 5.01. The van der Waals surface area contributed by atoms with Crippen LogP contribution in [0.5, 0.6) is 0 Å². The van der Waals surface area contributed by atoms with Gasteiger partial charge in [-0.3, -0.25) is 4.79 Å². The van der Waals surface area contributed by atoms with Gasteiger partial charge >= 0.3 is 0 Å². The van der Waals surface area contributed by atoms with E-state index >= 15 is 0 Å². The standard InChI is InChI=1S/C14H22N4O2S/c1-14(11-16(2)8-9-20-14)12(19)17-4-6-18(7-5-17)13-15-3-10-21-13/h3,10H,4-9,11H2,1-2H3. The molecule has 3 heterocycles. The number of rotatable bonds is 2. The molecule has 1 unspecified atom stereocenters. The van der Waals surface area contributed by atoms with E-state index in [9.17, 15) is 4.79 Å². The van der Waals surface area contributed by atoms with E-state index in [-0.39, 0.29) is 5.91 Å². The number of nitrogens with zero attached hydrogens (tertiary/aromatic N) is 4. The molecule has 1 amide bonds. The Labute approximate surface area is 129 Å². The first-order chi connectivity index (χ1) is 10.1. The van der Waals surface area contributed by atoms with Crippen LogP contribution in [0.3, 0.4) is 0 Å². The molecule has 0 N–H and O–H groups in total. The number of anilines is 1. The summed E-state index contributed by atoms with van der Waals surface area (Å²) in [6.07, 6.45) is 1.82. The zero-order valence-corrected chi connectivity index (χ0v) is 13.4. The Hall–Kier alpha value is -1.18. The van der Waals surface area contributed by atoms with Gasteiger partial charge in [-0.25, -0.2) is 4.98 Å². The van der Waals surface area contributed by atoms with Crippen molar-refractivity contribution in [3.63, 3.8) is 0 Å². The molecule has 3 rings (SSSR count). The van der Waals surface area contributed by atoms with E-state index in [1.807, 2.05) is 30.4 Å². The SMILES string of the molecule is CN1CCOC(C)(C(=O)N2CCN(c3nccs3)CC2)C1. The molecular weight excluding hydrogens is 288 g/mol. The second-order valence-electron chi connectivity index (χ2n) is 5.91. The third-order valence-electron chi connectivity index (χ3n) is 4.17. The second-order valence-corrected chi connectivity index (χ2v) is 6.78. The van der Waals surface area contributed by atoms with Gasteiger partial charge in [0.25, 0.3) is 5.91 Å². The van der Waals surface area contributed by atoms with Crippen LogP contribution in [-0.2, 0) is 9.53 Å². The van der Waals surface area contributed by atoms with Crippen LogP contribution < -0.4 is 4.90 Å². The highest BCUT2D eigenvalue weighted by Crippen LogP contribution is 2.23. The van der Waals surface area contributed by atoms with Crippen molar-refractivity contribution in [2.45, 2.75) is 12.5 Å². The Morgan fingerprint density at radius 1 is 1.33 bits per heavy atom. The van der Waals surface area contributed by atoms with Gasteiger partial charge in [0, 0.05) is 50.8 Å².